The fourth-order valence-electron chi connectivity index (χ4n) is 1.40. The zero-order chi connectivity index (χ0) is 13.1. The van der Waals surface area contributed by atoms with Crippen molar-refractivity contribution in [3.8, 4) is 0 Å². The summed E-state index contributed by atoms with van der Waals surface area (Å²) >= 11 is 4.89. The third kappa shape index (κ3) is 3.08. The van der Waals surface area contributed by atoms with Gasteiger partial charge >= 0.3 is 5.97 Å². The van der Waals surface area contributed by atoms with Crippen LogP contribution in [-0.4, -0.2) is 11.0 Å². The molecule has 0 atom stereocenters. The third-order valence-corrected chi connectivity index (χ3v) is 3.90. The van der Waals surface area contributed by atoms with Gasteiger partial charge in [-0.05, 0) is 41.1 Å². The van der Waals surface area contributed by atoms with Crippen LogP contribution < -0.4 is 5.73 Å². The maximum absolute atomic E-state index is 11.9. The molecule has 0 bridgehead atoms. The van der Waals surface area contributed by atoms with Gasteiger partial charge in [-0.2, -0.15) is 0 Å². The summed E-state index contributed by atoms with van der Waals surface area (Å²) in [6.07, 6.45) is 1.52. The standard InChI is InChI=1S/C12H11BrN2O2S/c1-7-10(4-8(14)5-15-7)12(16)17-6-9-2-3-11(13)18-9/h2-5H,6,14H2,1H3. The van der Waals surface area contributed by atoms with Crippen molar-refractivity contribution < 1.29 is 9.53 Å². The Balaban J connectivity index is 2.05. The molecular formula is C12H11BrN2O2S. The Morgan fingerprint density at radius 3 is 3.00 bits per heavy atom. The van der Waals surface area contributed by atoms with Crippen LogP contribution in [-0.2, 0) is 11.3 Å². The number of nitrogens with zero attached hydrogens (tertiary/aromatic N) is 1. The summed E-state index contributed by atoms with van der Waals surface area (Å²) in [7, 11) is 0. The van der Waals surface area contributed by atoms with Gasteiger partial charge in [0.05, 0.1) is 26.9 Å². The predicted octanol–water partition coefficient (Wildman–Crippen LogP) is 3.15. The molecule has 18 heavy (non-hydrogen) atoms. The summed E-state index contributed by atoms with van der Waals surface area (Å²) < 4.78 is 6.23. The van der Waals surface area contributed by atoms with Crippen molar-refractivity contribution in [3.63, 3.8) is 0 Å². The number of aromatic nitrogens is 1. The van der Waals surface area contributed by atoms with Crippen LogP contribution in [0.15, 0.2) is 28.2 Å². The highest BCUT2D eigenvalue weighted by molar-refractivity contribution is 9.11. The lowest BCUT2D eigenvalue weighted by molar-refractivity contribution is 0.0475. The van der Waals surface area contributed by atoms with E-state index in [1.54, 1.807) is 13.0 Å². The van der Waals surface area contributed by atoms with Gasteiger partial charge in [0.1, 0.15) is 6.61 Å². The molecule has 0 saturated heterocycles. The fourth-order valence-corrected chi connectivity index (χ4v) is 2.80. The number of anilines is 1. The van der Waals surface area contributed by atoms with Crippen LogP contribution in [0.2, 0.25) is 0 Å². The molecule has 2 aromatic rings. The van der Waals surface area contributed by atoms with Crippen molar-refractivity contribution in [1.29, 1.82) is 0 Å². The van der Waals surface area contributed by atoms with E-state index < -0.39 is 5.97 Å². The molecule has 94 valence electrons. The topological polar surface area (TPSA) is 65.2 Å². The summed E-state index contributed by atoms with van der Waals surface area (Å²) in [6.45, 7) is 2.00. The van der Waals surface area contributed by atoms with E-state index in [0.29, 0.717) is 16.9 Å². The molecule has 0 aromatic carbocycles. The first kappa shape index (κ1) is 13.0. The number of nitrogens with two attached hydrogens (primary N) is 1. The minimum absolute atomic E-state index is 0.253. The molecule has 2 N–H and O–H groups in total. The second kappa shape index (κ2) is 5.49. The van der Waals surface area contributed by atoms with Crippen LogP contribution in [0.1, 0.15) is 20.9 Å². The highest BCUT2D eigenvalue weighted by Crippen LogP contribution is 2.23. The second-order valence-electron chi connectivity index (χ2n) is 3.68. The summed E-state index contributed by atoms with van der Waals surface area (Å²) in [4.78, 5) is 16.9. The van der Waals surface area contributed by atoms with E-state index in [0.717, 1.165) is 8.66 Å². The maximum atomic E-state index is 11.9. The Labute approximate surface area is 117 Å². The smallest absolute Gasteiger partial charge is 0.340 e. The SMILES string of the molecule is Cc1ncc(N)cc1C(=O)OCc1ccc(Br)s1. The normalized spacial score (nSPS) is 10.3. The lowest BCUT2D eigenvalue weighted by atomic mass is 10.2. The zero-order valence-electron chi connectivity index (χ0n) is 9.64. The van der Waals surface area contributed by atoms with Crippen LogP contribution >= 0.6 is 27.3 Å². The lowest BCUT2D eigenvalue weighted by Gasteiger charge is -2.06. The van der Waals surface area contributed by atoms with Gasteiger partial charge in [0.25, 0.3) is 0 Å². The highest BCUT2D eigenvalue weighted by Gasteiger charge is 2.12. The van der Waals surface area contributed by atoms with E-state index in [1.165, 1.54) is 17.5 Å². The first-order chi connectivity index (χ1) is 8.56. The molecule has 2 rings (SSSR count). The molecular weight excluding hydrogens is 316 g/mol. The molecule has 0 saturated carbocycles. The third-order valence-electron chi connectivity index (χ3n) is 2.30. The molecule has 0 fully saturated rings. The van der Waals surface area contributed by atoms with Crippen LogP contribution in [0, 0.1) is 6.92 Å². The second-order valence-corrected chi connectivity index (χ2v) is 6.23. The minimum atomic E-state index is -0.406. The van der Waals surface area contributed by atoms with E-state index in [-0.39, 0.29) is 6.61 Å². The average molecular weight is 327 g/mol. The lowest BCUT2D eigenvalue weighted by Crippen LogP contribution is -2.08. The molecule has 6 heteroatoms. The number of pyridine rings is 1. The van der Waals surface area contributed by atoms with Crippen molar-refractivity contribution in [2.45, 2.75) is 13.5 Å². The van der Waals surface area contributed by atoms with Gasteiger partial charge in [-0.25, -0.2) is 4.79 Å². The molecule has 0 radical (unpaired) electrons. The van der Waals surface area contributed by atoms with Crippen LogP contribution in [0.3, 0.4) is 0 Å². The number of carbonyl (C=O) groups excluding carboxylic acids is 1. The van der Waals surface area contributed by atoms with E-state index in [2.05, 4.69) is 20.9 Å². The largest absolute Gasteiger partial charge is 0.456 e. The minimum Gasteiger partial charge on any atom is -0.456 e. The van der Waals surface area contributed by atoms with Gasteiger partial charge in [0.2, 0.25) is 0 Å². The molecule has 0 spiro atoms. The van der Waals surface area contributed by atoms with Crippen molar-refractivity contribution in [2.24, 2.45) is 0 Å². The Kier molecular flexibility index (Phi) is 3.98. The van der Waals surface area contributed by atoms with Gasteiger partial charge < -0.3 is 10.5 Å². The Morgan fingerprint density at radius 1 is 1.56 bits per heavy atom. The molecule has 4 nitrogen and oxygen atoms in total. The average Bonchev–Trinajstić information content (AvgIpc) is 2.75. The number of nitrogen functional groups attached to an aromatic ring is 1. The summed E-state index contributed by atoms with van der Waals surface area (Å²) in [5, 5.41) is 0. The number of carbonyl (C=O) groups is 1. The molecule has 0 aliphatic carbocycles. The molecule has 0 aliphatic heterocycles. The predicted molar refractivity (Wildman–Crippen MR) is 74.5 cm³/mol. The fraction of sp³-hybridized carbons (Fsp3) is 0.167. The number of halogens is 1. The monoisotopic (exact) mass is 326 g/mol. The number of esters is 1. The Hall–Kier alpha value is -1.40. The van der Waals surface area contributed by atoms with Gasteiger partial charge in [-0.1, -0.05) is 0 Å². The Bertz CT molecular complexity index is 583. The van der Waals surface area contributed by atoms with Gasteiger partial charge in [-0.3, -0.25) is 4.98 Å². The van der Waals surface area contributed by atoms with E-state index >= 15 is 0 Å². The van der Waals surface area contributed by atoms with Crippen molar-refractivity contribution in [2.75, 3.05) is 5.73 Å². The van der Waals surface area contributed by atoms with E-state index in [9.17, 15) is 4.79 Å². The molecule has 2 heterocycles. The molecule has 0 unspecified atom stereocenters. The van der Waals surface area contributed by atoms with Gasteiger partial charge in [0, 0.05) is 4.88 Å². The number of rotatable bonds is 3. The molecule has 0 aliphatic rings. The van der Waals surface area contributed by atoms with Gasteiger partial charge in [0.15, 0.2) is 0 Å². The van der Waals surface area contributed by atoms with Crippen LogP contribution in [0.5, 0.6) is 0 Å². The van der Waals surface area contributed by atoms with Crippen molar-refractivity contribution in [1.82, 2.24) is 4.98 Å². The first-order valence-electron chi connectivity index (χ1n) is 5.19. The van der Waals surface area contributed by atoms with Crippen LogP contribution in [0.4, 0.5) is 5.69 Å². The quantitative estimate of drug-likeness (QED) is 0.880. The number of thiophene rings is 1. The molecule has 2 aromatic heterocycles. The van der Waals surface area contributed by atoms with Crippen LogP contribution in [0.25, 0.3) is 0 Å². The number of hydrogen-bond acceptors (Lipinski definition) is 5. The first-order valence-corrected chi connectivity index (χ1v) is 6.80. The number of hydrogen-bond donors (Lipinski definition) is 1. The summed E-state index contributed by atoms with van der Waals surface area (Å²) in [6, 6.07) is 5.41. The molecule has 0 amide bonds. The highest BCUT2D eigenvalue weighted by atomic mass is 79.9. The summed E-state index contributed by atoms with van der Waals surface area (Å²) in [5.41, 5.74) is 7.07. The van der Waals surface area contributed by atoms with Crippen molar-refractivity contribution in [3.05, 3.63) is 44.3 Å². The maximum Gasteiger partial charge on any atom is 0.340 e. The summed E-state index contributed by atoms with van der Waals surface area (Å²) in [5.74, 6) is -0.406. The van der Waals surface area contributed by atoms with E-state index in [1.807, 2.05) is 12.1 Å². The number of ether oxygens (including phenoxy) is 1. The number of aryl methyl sites for hydroxylation is 1. The van der Waals surface area contributed by atoms with Gasteiger partial charge in [-0.15, -0.1) is 11.3 Å². The zero-order valence-corrected chi connectivity index (χ0v) is 12.0. The van der Waals surface area contributed by atoms with E-state index in [4.69, 9.17) is 10.5 Å². The van der Waals surface area contributed by atoms with Crippen molar-refractivity contribution >= 4 is 38.9 Å². The Morgan fingerprint density at radius 2 is 2.33 bits per heavy atom.